The normalized spacial score (nSPS) is 14.9. The summed E-state index contributed by atoms with van der Waals surface area (Å²) in [5.74, 6) is -0.0592. The Labute approximate surface area is 133 Å². The van der Waals surface area contributed by atoms with Gasteiger partial charge in [0.2, 0.25) is 5.91 Å². The average Bonchev–Trinajstić information content (AvgIpc) is 2.29. The number of carbonyl (C=O) groups excluding carboxylic acids is 1. The maximum Gasteiger partial charge on any atom is 0.234 e. The van der Waals surface area contributed by atoms with Crippen molar-refractivity contribution in [2.45, 2.75) is 38.6 Å². The van der Waals surface area contributed by atoms with E-state index in [1.54, 1.807) is 18.2 Å². The van der Waals surface area contributed by atoms with E-state index in [0.717, 1.165) is 5.56 Å². The largest absolute Gasteiger partial charge is 0.349 e. The van der Waals surface area contributed by atoms with Gasteiger partial charge in [0.05, 0.1) is 10.9 Å². The third-order valence-corrected chi connectivity index (χ3v) is 5.14. The fraction of sp³-hybridized carbons (Fsp3) is 0.500. The molecule has 1 N–H and O–H groups in total. The van der Waals surface area contributed by atoms with Crippen molar-refractivity contribution < 1.29 is 4.79 Å². The molecule has 0 aliphatic carbocycles. The van der Waals surface area contributed by atoms with Crippen LogP contribution in [0.2, 0.25) is 10.0 Å². The zero-order chi connectivity index (χ0) is 14.8. The van der Waals surface area contributed by atoms with Crippen LogP contribution in [0.15, 0.2) is 18.2 Å². The summed E-state index contributed by atoms with van der Waals surface area (Å²) < 4.78 is 0. The molecule has 1 amide bonds. The number of benzene rings is 1. The van der Waals surface area contributed by atoms with Gasteiger partial charge in [0, 0.05) is 10.0 Å². The fourth-order valence-corrected chi connectivity index (χ4v) is 2.20. The van der Waals surface area contributed by atoms with Crippen molar-refractivity contribution in [1.82, 2.24) is 5.32 Å². The van der Waals surface area contributed by atoms with Gasteiger partial charge in [-0.3, -0.25) is 4.79 Å². The SMILES string of the molecule is CC(NC(=O)C(Br)C(C)(C)C)c1cc(Cl)ccc1Cl. The van der Waals surface area contributed by atoms with Crippen LogP contribution in [0.25, 0.3) is 0 Å². The smallest absolute Gasteiger partial charge is 0.234 e. The van der Waals surface area contributed by atoms with E-state index in [1.165, 1.54) is 0 Å². The molecule has 0 saturated heterocycles. The number of hydrogen-bond acceptors (Lipinski definition) is 1. The zero-order valence-corrected chi connectivity index (χ0v) is 14.5. The van der Waals surface area contributed by atoms with Crippen LogP contribution in [0.1, 0.15) is 39.3 Å². The third-order valence-electron chi connectivity index (χ3n) is 2.77. The van der Waals surface area contributed by atoms with Crippen molar-refractivity contribution in [3.05, 3.63) is 33.8 Å². The number of rotatable bonds is 3. The van der Waals surface area contributed by atoms with E-state index in [9.17, 15) is 4.79 Å². The Morgan fingerprint density at radius 2 is 1.89 bits per heavy atom. The van der Waals surface area contributed by atoms with Gasteiger partial charge in [-0.2, -0.15) is 0 Å². The number of carbonyl (C=O) groups is 1. The quantitative estimate of drug-likeness (QED) is 0.751. The van der Waals surface area contributed by atoms with Crippen molar-refractivity contribution in [1.29, 1.82) is 0 Å². The highest BCUT2D eigenvalue weighted by atomic mass is 79.9. The number of nitrogens with one attached hydrogen (secondary N) is 1. The van der Waals surface area contributed by atoms with E-state index in [4.69, 9.17) is 23.2 Å². The lowest BCUT2D eigenvalue weighted by molar-refractivity contribution is -0.122. The van der Waals surface area contributed by atoms with Gasteiger partial charge in [0.25, 0.3) is 0 Å². The Balaban J connectivity index is 2.83. The van der Waals surface area contributed by atoms with Crippen LogP contribution in [-0.4, -0.2) is 10.7 Å². The highest BCUT2D eigenvalue weighted by molar-refractivity contribution is 9.10. The molecule has 106 valence electrons. The summed E-state index contributed by atoms with van der Waals surface area (Å²) in [7, 11) is 0. The Hall–Kier alpha value is -0.250. The highest BCUT2D eigenvalue weighted by Crippen LogP contribution is 2.29. The first-order chi connectivity index (χ1) is 8.62. The topological polar surface area (TPSA) is 29.1 Å². The molecule has 0 spiro atoms. The van der Waals surface area contributed by atoms with Crippen molar-refractivity contribution in [2.24, 2.45) is 5.41 Å². The van der Waals surface area contributed by atoms with E-state index >= 15 is 0 Å². The Morgan fingerprint density at radius 3 is 2.42 bits per heavy atom. The molecular weight excluding hydrogens is 349 g/mol. The first-order valence-electron chi connectivity index (χ1n) is 6.02. The predicted octanol–water partition coefficient (Wildman–Crippen LogP) is 4.98. The van der Waals surface area contributed by atoms with E-state index in [1.807, 2.05) is 27.7 Å². The molecule has 19 heavy (non-hydrogen) atoms. The molecule has 1 aromatic carbocycles. The molecule has 1 aromatic rings. The van der Waals surface area contributed by atoms with Crippen LogP contribution >= 0.6 is 39.1 Å². The summed E-state index contributed by atoms with van der Waals surface area (Å²) in [6.07, 6.45) is 0. The zero-order valence-electron chi connectivity index (χ0n) is 11.4. The average molecular weight is 367 g/mol. The van der Waals surface area contributed by atoms with E-state index < -0.39 is 0 Å². The van der Waals surface area contributed by atoms with Crippen LogP contribution in [0.5, 0.6) is 0 Å². The summed E-state index contributed by atoms with van der Waals surface area (Å²) in [5, 5.41) is 4.14. The summed E-state index contributed by atoms with van der Waals surface area (Å²) in [6, 6.07) is 5.04. The Kier molecular flexibility index (Phi) is 5.72. The predicted molar refractivity (Wildman–Crippen MR) is 85.2 cm³/mol. The van der Waals surface area contributed by atoms with E-state index in [-0.39, 0.29) is 22.2 Å². The van der Waals surface area contributed by atoms with Gasteiger partial charge < -0.3 is 5.32 Å². The molecule has 0 radical (unpaired) electrons. The molecule has 0 saturated carbocycles. The minimum atomic E-state index is -0.264. The van der Waals surface area contributed by atoms with Gasteiger partial charge in [-0.15, -0.1) is 0 Å². The molecule has 0 fully saturated rings. The molecule has 5 heteroatoms. The summed E-state index contributed by atoms with van der Waals surface area (Å²) in [4.78, 5) is 11.9. The standard InChI is InChI=1S/C14H18BrCl2NO/c1-8(10-7-9(16)5-6-11(10)17)18-13(19)12(15)14(2,3)4/h5-8,12H,1-4H3,(H,18,19). The number of halogens is 3. The summed E-state index contributed by atoms with van der Waals surface area (Å²) in [6.45, 7) is 7.90. The summed E-state index contributed by atoms with van der Waals surface area (Å²) >= 11 is 15.5. The van der Waals surface area contributed by atoms with Gasteiger partial charge in [0.1, 0.15) is 0 Å². The van der Waals surface area contributed by atoms with Gasteiger partial charge >= 0.3 is 0 Å². The Morgan fingerprint density at radius 1 is 1.32 bits per heavy atom. The summed E-state index contributed by atoms with van der Waals surface area (Å²) in [5.41, 5.74) is 0.665. The lowest BCUT2D eigenvalue weighted by atomic mass is 9.91. The molecule has 2 unspecified atom stereocenters. The number of hydrogen-bond donors (Lipinski definition) is 1. The van der Waals surface area contributed by atoms with Crippen molar-refractivity contribution >= 4 is 45.0 Å². The van der Waals surface area contributed by atoms with Crippen LogP contribution in [0.3, 0.4) is 0 Å². The molecule has 2 atom stereocenters. The minimum absolute atomic E-state index is 0.0592. The molecule has 0 aliphatic heterocycles. The maximum atomic E-state index is 12.1. The number of alkyl halides is 1. The lowest BCUT2D eigenvalue weighted by Gasteiger charge is -2.26. The van der Waals surface area contributed by atoms with Gasteiger partial charge in [-0.1, -0.05) is 59.9 Å². The third kappa shape index (κ3) is 4.66. The molecule has 0 bridgehead atoms. The monoisotopic (exact) mass is 365 g/mol. The highest BCUT2D eigenvalue weighted by Gasteiger charge is 2.29. The van der Waals surface area contributed by atoms with Crippen molar-refractivity contribution in [2.75, 3.05) is 0 Å². The first-order valence-corrected chi connectivity index (χ1v) is 7.69. The fourth-order valence-electron chi connectivity index (χ4n) is 1.60. The van der Waals surface area contributed by atoms with Crippen LogP contribution in [0, 0.1) is 5.41 Å². The van der Waals surface area contributed by atoms with Gasteiger partial charge in [0.15, 0.2) is 0 Å². The lowest BCUT2D eigenvalue weighted by Crippen LogP contribution is -2.39. The van der Waals surface area contributed by atoms with Gasteiger partial charge in [-0.25, -0.2) is 0 Å². The van der Waals surface area contributed by atoms with E-state index in [2.05, 4.69) is 21.2 Å². The minimum Gasteiger partial charge on any atom is -0.349 e. The van der Waals surface area contributed by atoms with Crippen LogP contribution in [0.4, 0.5) is 0 Å². The van der Waals surface area contributed by atoms with E-state index in [0.29, 0.717) is 10.0 Å². The van der Waals surface area contributed by atoms with Crippen molar-refractivity contribution in [3.63, 3.8) is 0 Å². The molecule has 0 aliphatic rings. The van der Waals surface area contributed by atoms with Crippen LogP contribution in [-0.2, 0) is 4.79 Å². The molecule has 0 aromatic heterocycles. The number of amides is 1. The molecule has 0 heterocycles. The van der Waals surface area contributed by atoms with Crippen LogP contribution < -0.4 is 5.32 Å². The first kappa shape index (κ1) is 16.8. The molecule has 2 nitrogen and oxygen atoms in total. The van der Waals surface area contributed by atoms with Crippen molar-refractivity contribution in [3.8, 4) is 0 Å². The van der Waals surface area contributed by atoms with Gasteiger partial charge in [-0.05, 0) is 36.1 Å². The second kappa shape index (κ2) is 6.47. The second-order valence-corrected chi connectivity index (χ2v) is 7.38. The molecule has 1 rings (SSSR count). The maximum absolute atomic E-state index is 12.1. The molecular formula is C14H18BrCl2NO. The second-order valence-electron chi connectivity index (χ2n) is 5.62. The Bertz CT molecular complexity index is 471.